The van der Waals surface area contributed by atoms with E-state index in [0.717, 1.165) is 26.1 Å². The third-order valence-electron chi connectivity index (χ3n) is 1.92. The van der Waals surface area contributed by atoms with Crippen LogP contribution in [0.2, 0.25) is 0 Å². The van der Waals surface area contributed by atoms with E-state index < -0.39 is 0 Å². The average molecular weight is 284 g/mol. The van der Waals surface area contributed by atoms with Crippen molar-refractivity contribution in [3.05, 3.63) is 23.8 Å². The summed E-state index contributed by atoms with van der Waals surface area (Å²) in [5.74, 6) is 0. The van der Waals surface area contributed by atoms with Gasteiger partial charge in [-0.25, -0.2) is 11.6 Å². The molecule has 0 aromatic carbocycles. The number of unbranched alkanes of at least 4 members (excludes halogenated alkanes) is 1. The molecule has 1 rings (SSSR count). The maximum absolute atomic E-state index is 5.44. The molecule has 1 nitrogen and oxygen atoms in total. The summed E-state index contributed by atoms with van der Waals surface area (Å²) in [7, 11) is 0. The molecule has 1 radical (unpaired) electrons. The molecule has 1 aliphatic rings. The van der Waals surface area contributed by atoms with E-state index >= 15 is 0 Å². The molecule has 0 atom stereocenters. The van der Waals surface area contributed by atoms with Crippen molar-refractivity contribution in [1.29, 1.82) is 0 Å². The summed E-state index contributed by atoms with van der Waals surface area (Å²) in [6.45, 7) is 3.94. The van der Waals surface area contributed by atoms with Crippen molar-refractivity contribution in [2.24, 2.45) is 0 Å². The van der Waals surface area contributed by atoms with Crippen LogP contribution in [0.25, 0.3) is 0 Å². The van der Waals surface area contributed by atoms with Crippen LogP contribution >= 0.6 is 0 Å². The molecule has 0 N–H and O–H groups in total. The molecule has 0 aromatic heterocycles. The first-order valence-electron chi connectivity index (χ1n) is 4.77. The largest absolute Gasteiger partial charge is 3.00 e. The van der Waals surface area contributed by atoms with Gasteiger partial charge in [0.25, 0.3) is 0 Å². The summed E-state index contributed by atoms with van der Waals surface area (Å²) in [6.07, 6.45) is 12.0. The van der Waals surface area contributed by atoms with Crippen LogP contribution in [0.1, 0.15) is 32.6 Å². The van der Waals surface area contributed by atoms with E-state index in [9.17, 15) is 0 Å². The van der Waals surface area contributed by atoms with Gasteiger partial charge in [-0.05, 0) is 12.8 Å². The zero-order valence-electron chi connectivity index (χ0n) is 9.06. The summed E-state index contributed by atoms with van der Waals surface area (Å²) >= 11 is 0. The number of allylic oxidation sites excluding steroid dienone is 3. The second-order valence-electron chi connectivity index (χ2n) is 3.02. The molecule has 0 aromatic rings. The predicted octanol–water partition coefficient (Wildman–Crippen LogP) is -3.11. The number of ether oxygens (including phenoxy) is 1. The van der Waals surface area contributed by atoms with Crippen LogP contribution in [-0.4, -0.2) is 13.2 Å². The zero-order chi connectivity index (χ0) is 8.65. The summed E-state index contributed by atoms with van der Waals surface area (Å²) in [5, 5.41) is 0. The maximum Gasteiger partial charge on any atom is 3.00 e. The Balaban J connectivity index is -0.000000480. The summed E-state index contributed by atoms with van der Waals surface area (Å²) < 4.78 is 5.44. The molecule has 0 bridgehead atoms. The van der Waals surface area contributed by atoms with Gasteiger partial charge in [0.1, 0.15) is 0 Å². The van der Waals surface area contributed by atoms with Crippen molar-refractivity contribution < 1.29 is 51.3 Å². The van der Waals surface area contributed by atoms with Crippen LogP contribution in [0, 0.1) is 6.08 Å². The van der Waals surface area contributed by atoms with E-state index in [1.165, 1.54) is 18.4 Å². The van der Waals surface area contributed by atoms with Crippen molar-refractivity contribution in [2.75, 3.05) is 13.2 Å². The van der Waals surface area contributed by atoms with Gasteiger partial charge in [-0.1, -0.05) is 13.3 Å². The van der Waals surface area contributed by atoms with Gasteiger partial charge >= 0.3 is 21.7 Å². The van der Waals surface area contributed by atoms with Crippen LogP contribution in [0.5, 0.6) is 0 Å². The predicted molar refractivity (Wildman–Crippen MR) is 50.9 cm³/mol. The normalized spacial score (nSPS) is 12.2. The van der Waals surface area contributed by atoms with E-state index in [1.807, 2.05) is 0 Å². The fourth-order valence-electron chi connectivity index (χ4n) is 1.15. The standard InChI is InChI=1S/C11H17O.2ClH.Ti/c1-2-3-9-12-10-8-11-6-4-5-7-11;;;/h4,6H,2-3,5,8-10H2,1H3;2*1H;/q-1;;;+3/p-2. The van der Waals surface area contributed by atoms with Gasteiger partial charge in [-0.2, -0.15) is 6.08 Å². The van der Waals surface area contributed by atoms with Gasteiger partial charge in [-0.15, -0.1) is 6.42 Å². The fraction of sp³-hybridized carbons (Fsp3) is 0.636. The van der Waals surface area contributed by atoms with Gasteiger partial charge in [0, 0.05) is 13.2 Å². The molecule has 0 spiro atoms. The quantitative estimate of drug-likeness (QED) is 0.285. The van der Waals surface area contributed by atoms with E-state index in [4.69, 9.17) is 4.74 Å². The molecule has 0 saturated carbocycles. The first kappa shape index (κ1) is 21.1. The van der Waals surface area contributed by atoms with Crippen LogP contribution in [0.3, 0.4) is 0 Å². The van der Waals surface area contributed by atoms with Crippen LogP contribution in [0.15, 0.2) is 17.7 Å². The van der Waals surface area contributed by atoms with Crippen LogP contribution in [-0.2, 0) is 26.5 Å². The van der Waals surface area contributed by atoms with Crippen molar-refractivity contribution in [2.45, 2.75) is 32.6 Å². The van der Waals surface area contributed by atoms with E-state index in [2.05, 4.69) is 25.2 Å². The van der Waals surface area contributed by atoms with Crippen LogP contribution in [0.4, 0.5) is 0 Å². The van der Waals surface area contributed by atoms with Gasteiger partial charge in [0.05, 0.1) is 0 Å². The average Bonchev–Trinajstić information content (AvgIpc) is 2.57. The third-order valence-corrected chi connectivity index (χ3v) is 1.92. The zero-order valence-corrected chi connectivity index (χ0v) is 12.1. The van der Waals surface area contributed by atoms with Gasteiger partial charge < -0.3 is 29.6 Å². The Morgan fingerprint density at radius 3 is 2.60 bits per heavy atom. The Labute approximate surface area is 120 Å². The summed E-state index contributed by atoms with van der Waals surface area (Å²) in [6, 6.07) is 0. The molecular weight excluding hydrogens is 267 g/mol. The van der Waals surface area contributed by atoms with E-state index in [-0.39, 0.29) is 46.5 Å². The van der Waals surface area contributed by atoms with Crippen molar-refractivity contribution in [3.8, 4) is 0 Å². The van der Waals surface area contributed by atoms with Crippen molar-refractivity contribution >= 4 is 0 Å². The minimum absolute atomic E-state index is 0. The monoisotopic (exact) mass is 283 g/mol. The SMILES string of the molecule is CCCCOCCC1=[C-]CC=C1.[Cl-].[Cl-].[Ti+3]. The summed E-state index contributed by atoms with van der Waals surface area (Å²) in [4.78, 5) is 0. The fourth-order valence-corrected chi connectivity index (χ4v) is 1.15. The Bertz CT molecular complexity index is 181. The number of halogens is 2. The second kappa shape index (κ2) is 14.7. The topological polar surface area (TPSA) is 9.23 Å². The molecule has 0 fully saturated rings. The minimum Gasteiger partial charge on any atom is -1.00 e. The molecule has 0 unspecified atom stereocenters. The maximum atomic E-state index is 5.44. The Hall–Kier alpha value is 0.734. The molecule has 0 amide bonds. The molecule has 85 valence electrons. The molecule has 0 aliphatic heterocycles. The van der Waals surface area contributed by atoms with Crippen molar-refractivity contribution in [1.82, 2.24) is 0 Å². The Morgan fingerprint density at radius 2 is 2.07 bits per heavy atom. The first-order chi connectivity index (χ1) is 5.93. The summed E-state index contributed by atoms with van der Waals surface area (Å²) in [5.41, 5.74) is 1.31. The molecule has 15 heavy (non-hydrogen) atoms. The van der Waals surface area contributed by atoms with Gasteiger partial charge in [0.2, 0.25) is 0 Å². The molecule has 1 aliphatic carbocycles. The number of hydrogen-bond donors (Lipinski definition) is 0. The van der Waals surface area contributed by atoms with Crippen LogP contribution < -0.4 is 24.8 Å². The first-order valence-corrected chi connectivity index (χ1v) is 4.77. The number of rotatable bonds is 6. The van der Waals surface area contributed by atoms with E-state index in [0.29, 0.717) is 0 Å². The molecule has 0 heterocycles. The third kappa shape index (κ3) is 11.0. The Kier molecular flexibility index (Phi) is 20.7. The molecular formula is C11H17Cl2OTi. The van der Waals surface area contributed by atoms with Crippen molar-refractivity contribution in [3.63, 3.8) is 0 Å². The van der Waals surface area contributed by atoms with E-state index in [1.54, 1.807) is 0 Å². The molecule has 0 saturated heterocycles. The molecule has 4 heteroatoms. The smallest absolute Gasteiger partial charge is 1.00 e. The van der Waals surface area contributed by atoms with Gasteiger partial charge in [-0.3, -0.25) is 6.08 Å². The number of hydrogen-bond acceptors (Lipinski definition) is 1. The van der Waals surface area contributed by atoms with Gasteiger partial charge in [0.15, 0.2) is 0 Å². The minimum atomic E-state index is 0. The Morgan fingerprint density at radius 1 is 1.33 bits per heavy atom. The second-order valence-corrected chi connectivity index (χ2v) is 3.02.